The second kappa shape index (κ2) is 7.22. The highest BCUT2D eigenvalue weighted by Gasteiger charge is 2.58. The van der Waals surface area contributed by atoms with E-state index in [4.69, 9.17) is 4.74 Å². The van der Waals surface area contributed by atoms with Gasteiger partial charge in [0.2, 0.25) is 0 Å². The number of hydrogen-bond acceptors (Lipinski definition) is 3. The molecule has 0 bridgehead atoms. The van der Waals surface area contributed by atoms with Crippen molar-refractivity contribution in [2.24, 2.45) is 35.0 Å². The van der Waals surface area contributed by atoms with E-state index in [2.05, 4.69) is 20.4 Å². The molecule has 0 aromatic heterocycles. The van der Waals surface area contributed by atoms with Crippen LogP contribution in [0.5, 0.6) is 0 Å². The fourth-order valence-corrected chi connectivity index (χ4v) is 7.17. The molecule has 4 aliphatic rings. The van der Waals surface area contributed by atoms with Crippen molar-refractivity contribution >= 4 is 11.8 Å². The van der Waals surface area contributed by atoms with E-state index in [-0.39, 0.29) is 17.5 Å². The van der Waals surface area contributed by atoms with Gasteiger partial charge in [-0.25, -0.2) is 0 Å². The molecule has 3 nitrogen and oxygen atoms in total. The third kappa shape index (κ3) is 3.21. The van der Waals surface area contributed by atoms with Crippen molar-refractivity contribution in [3.05, 3.63) is 24.3 Å². The maximum atomic E-state index is 12.2. The molecule has 7 atom stereocenters. The molecule has 0 aromatic carbocycles. The minimum absolute atomic E-state index is 0.0587. The van der Waals surface area contributed by atoms with Gasteiger partial charge >= 0.3 is 5.97 Å². The Labute approximate surface area is 163 Å². The van der Waals surface area contributed by atoms with Gasteiger partial charge in [-0.3, -0.25) is 9.59 Å². The van der Waals surface area contributed by atoms with E-state index in [1.165, 1.54) is 18.4 Å². The van der Waals surface area contributed by atoms with E-state index in [1.54, 1.807) is 6.08 Å². The van der Waals surface area contributed by atoms with Gasteiger partial charge in [0.05, 0.1) is 0 Å². The lowest BCUT2D eigenvalue weighted by molar-refractivity contribution is -0.159. The first-order valence-corrected chi connectivity index (χ1v) is 11.0. The molecule has 0 aliphatic heterocycles. The average molecular weight is 371 g/mol. The molecule has 3 saturated carbocycles. The Kier molecular flexibility index (Phi) is 5.07. The fraction of sp³-hybridized carbons (Fsp3) is 0.750. The number of fused-ring (bicyclic) bond motifs is 5. The van der Waals surface area contributed by atoms with Crippen LogP contribution in [0.2, 0.25) is 0 Å². The summed E-state index contributed by atoms with van der Waals surface area (Å²) < 4.78 is 5.98. The van der Waals surface area contributed by atoms with Crippen molar-refractivity contribution in [3.8, 4) is 0 Å². The quantitative estimate of drug-likeness (QED) is 0.501. The summed E-state index contributed by atoms with van der Waals surface area (Å²) in [6.45, 7) is 8.48. The second-order valence-electron chi connectivity index (χ2n) is 9.79. The summed E-state index contributed by atoms with van der Waals surface area (Å²) in [6, 6.07) is 0. The molecule has 0 N–H and O–H groups in total. The third-order valence-corrected chi connectivity index (χ3v) is 8.38. The lowest BCUT2D eigenvalue weighted by Crippen LogP contribution is -2.50. The number of allylic oxidation sites excluding steroid dienone is 2. The summed E-state index contributed by atoms with van der Waals surface area (Å²) in [7, 11) is 0. The van der Waals surface area contributed by atoms with Crippen molar-refractivity contribution in [1.82, 2.24) is 0 Å². The fourth-order valence-electron chi connectivity index (χ4n) is 7.17. The normalized spacial score (nSPS) is 43.2. The minimum atomic E-state index is -0.0587. The van der Waals surface area contributed by atoms with Crippen molar-refractivity contribution in [2.45, 2.75) is 77.7 Å². The first kappa shape index (κ1) is 19.0. The molecule has 0 saturated heterocycles. The third-order valence-electron chi connectivity index (χ3n) is 8.38. The predicted molar refractivity (Wildman–Crippen MR) is 106 cm³/mol. The monoisotopic (exact) mass is 370 g/mol. The van der Waals surface area contributed by atoms with Gasteiger partial charge in [-0.1, -0.05) is 25.5 Å². The van der Waals surface area contributed by atoms with Crippen molar-refractivity contribution in [3.63, 3.8) is 0 Å². The number of ether oxygens (including phenoxy) is 1. The average Bonchev–Trinajstić information content (AvgIpc) is 2.96. The van der Waals surface area contributed by atoms with Gasteiger partial charge in [0.25, 0.3) is 0 Å². The van der Waals surface area contributed by atoms with Crippen molar-refractivity contribution in [1.29, 1.82) is 0 Å². The van der Waals surface area contributed by atoms with Gasteiger partial charge < -0.3 is 4.74 Å². The zero-order valence-electron chi connectivity index (χ0n) is 16.9. The zero-order valence-corrected chi connectivity index (χ0v) is 16.9. The molecule has 0 amide bonds. The molecule has 0 radical (unpaired) electrons. The van der Waals surface area contributed by atoms with Gasteiger partial charge in [-0.2, -0.15) is 0 Å². The molecule has 0 aromatic rings. The van der Waals surface area contributed by atoms with Crippen LogP contribution in [0, 0.1) is 35.0 Å². The highest BCUT2D eigenvalue weighted by atomic mass is 16.5. The molecular weight excluding hydrogens is 336 g/mol. The molecular formula is C24H34O3. The van der Waals surface area contributed by atoms with E-state index in [1.807, 2.05) is 6.08 Å². The Morgan fingerprint density at radius 2 is 2.15 bits per heavy atom. The summed E-state index contributed by atoms with van der Waals surface area (Å²) in [4.78, 5) is 24.1. The first-order chi connectivity index (χ1) is 12.9. The van der Waals surface area contributed by atoms with Crippen LogP contribution in [0.25, 0.3) is 0 Å². The number of rotatable bonds is 4. The highest BCUT2D eigenvalue weighted by Crippen LogP contribution is 2.63. The van der Waals surface area contributed by atoms with E-state index in [0.717, 1.165) is 43.9 Å². The number of hydrogen-bond donors (Lipinski definition) is 0. The van der Waals surface area contributed by atoms with E-state index < -0.39 is 0 Å². The molecule has 0 unspecified atom stereocenters. The lowest BCUT2D eigenvalue weighted by atomic mass is 9.49. The summed E-state index contributed by atoms with van der Waals surface area (Å²) in [5.41, 5.74) is 1.57. The predicted octanol–water partition coefficient (Wildman–Crippen LogP) is 5.25. The SMILES string of the molecule is C=CCCC(=O)O[C@H]1CC[C@H]2[C@H]3[C@H](CC[C@]12C)[C@H]1CCC(=O)C=C1C[C@H]3C. The van der Waals surface area contributed by atoms with Gasteiger partial charge in [0.1, 0.15) is 6.10 Å². The largest absolute Gasteiger partial charge is 0.462 e. The Balaban J connectivity index is 1.52. The second-order valence-corrected chi connectivity index (χ2v) is 9.79. The van der Waals surface area contributed by atoms with Crippen LogP contribution >= 0.6 is 0 Å². The zero-order chi connectivity index (χ0) is 19.2. The van der Waals surface area contributed by atoms with Crippen LogP contribution in [0.3, 0.4) is 0 Å². The Morgan fingerprint density at radius 1 is 1.33 bits per heavy atom. The first-order valence-electron chi connectivity index (χ1n) is 11.0. The van der Waals surface area contributed by atoms with Crippen LogP contribution in [-0.2, 0) is 14.3 Å². The standard InChI is InChI=1S/C24H34O3/c1-4-5-6-22(26)27-21-10-9-20-23-15(2)13-16-14-17(25)7-8-18(16)19(23)11-12-24(20,21)3/h4,14-15,18-21,23H,1,5-13H2,2-3H3/t15-,18+,19-,20+,21+,23-,24+/m1/s1. The molecule has 0 spiro atoms. The highest BCUT2D eigenvalue weighted by molar-refractivity contribution is 5.91. The molecule has 4 rings (SSSR count). The van der Waals surface area contributed by atoms with Crippen LogP contribution in [0.1, 0.15) is 71.6 Å². The van der Waals surface area contributed by atoms with E-state index in [9.17, 15) is 9.59 Å². The molecule has 0 heterocycles. The number of carbonyl (C=O) groups is 2. The van der Waals surface area contributed by atoms with E-state index in [0.29, 0.717) is 36.4 Å². The van der Waals surface area contributed by atoms with Crippen molar-refractivity contribution < 1.29 is 14.3 Å². The maximum Gasteiger partial charge on any atom is 0.306 e. The molecule has 27 heavy (non-hydrogen) atoms. The van der Waals surface area contributed by atoms with Gasteiger partial charge in [0.15, 0.2) is 5.78 Å². The summed E-state index contributed by atoms with van der Waals surface area (Å²) in [5, 5.41) is 0. The van der Waals surface area contributed by atoms with Gasteiger partial charge in [-0.15, -0.1) is 6.58 Å². The summed E-state index contributed by atoms with van der Waals surface area (Å²) >= 11 is 0. The Morgan fingerprint density at radius 3 is 2.93 bits per heavy atom. The van der Waals surface area contributed by atoms with Crippen LogP contribution < -0.4 is 0 Å². The maximum absolute atomic E-state index is 12.2. The minimum Gasteiger partial charge on any atom is -0.462 e. The van der Waals surface area contributed by atoms with E-state index >= 15 is 0 Å². The van der Waals surface area contributed by atoms with Crippen LogP contribution in [0.4, 0.5) is 0 Å². The number of carbonyl (C=O) groups excluding carboxylic acids is 2. The summed E-state index contributed by atoms with van der Waals surface area (Å²) in [5.74, 6) is 3.63. The smallest absolute Gasteiger partial charge is 0.306 e. The Bertz CT molecular complexity index is 663. The topological polar surface area (TPSA) is 43.4 Å². The van der Waals surface area contributed by atoms with Crippen LogP contribution in [-0.4, -0.2) is 17.9 Å². The molecule has 3 heteroatoms. The van der Waals surface area contributed by atoms with Crippen molar-refractivity contribution in [2.75, 3.05) is 0 Å². The van der Waals surface area contributed by atoms with Crippen LogP contribution in [0.15, 0.2) is 24.3 Å². The van der Waals surface area contributed by atoms with Gasteiger partial charge in [-0.05, 0) is 80.6 Å². The number of esters is 1. The Hall–Kier alpha value is -1.38. The lowest BCUT2D eigenvalue weighted by Gasteiger charge is -2.55. The number of ketones is 1. The summed E-state index contributed by atoms with van der Waals surface area (Å²) in [6.07, 6.45) is 12.5. The molecule has 3 fully saturated rings. The molecule has 148 valence electrons. The van der Waals surface area contributed by atoms with Gasteiger partial charge in [0, 0.05) is 18.3 Å². The molecule has 4 aliphatic carbocycles.